The lowest BCUT2D eigenvalue weighted by molar-refractivity contribution is -0.127. The van der Waals surface area contributed by atoms with Crippen LogP contribution in [0.5, 0.6) is 0 Å². The lowest BCUT2D eigenvalue weighted by Crippen LogP contribution is -2.33. The van der Waals surface area contributed by atoms with Crippen molar-refractivity contribution in [1.82, 2.24) is 4.90 Å². The van der Waals surface area contributed by atoms with E-state index in [0.717, 1.165) is 5.56 Å². The quantitative estimate of drug-likeness (QED) is 0.892. The topological polar surface area (TPSA) is 80.5 Å². The smallest absolute Gasteiger partial charge is 0.224 e. The minimum atomic E-state index is -3.65. The van der Waals surface area contributed by atoms with Crippen LogP contribution in [0.15, 0.2) is 24.3 Å². The number of primary sulfonamides is 1. The first kappa shape index (κ1) is 14.3. The van der Waals surface area contributed by atoms with Crippen molar-refractivity contribution in [3.63, 3.8) is 0 Å². The number of rotatable bonds is 4. The number of carbonyl (C=O) groups excluding carboxylic acids is 1. The van der Waals surface area contributed by atoms with E-state index in [9.17, 15) is 13.2 Å². The maximum absolute atomic E-state index is 11.7. The van der Waals surface area contributed by atoms with Crippen molar-refractivity contribution >= 4 is 27.5 Å². The van der Waals surface area contributed by atoms with Gasteiger partial charge in [0.1, 0.15) is 5.25 Å². The van der Waals surface area contributed by atoms with Crippen LogP contribution < -0.4 is 5.14 Å². The van der Waals surface area contributed by atoms with Crippen molar-refractivity contribution in [2.45, 2.75) is 18.1 Å². The molecule has 1 aromatic rings. The van der Waals surface area contributed by atoms with Crippen molar-refractivity contribution in [3.05, 3.63) is 34.9 Å². The van der Waals surface area contributed by atoms with Gasteiger partial charge < -0.3 is 4.90 Å². The molecule has 1 aliphatic heterocycles. The van der Waals surface area contributed by atoms with Gasteiger partial charge in [-0.2, -0.15) is 0 Å². The van der Waals surface area contributed by atoms with E-state index in [1.807, 2.05) is 18.2 Å². The average molecular weight is 303 g/mol. The van der Waals surface area contributed by atoms with Crippen LogP contribution in [0, 0.1) is 0 Å². The molecule has 19 heavy (non-hydrogen) atoms. The van der Waals surface area contributed by atoms with E-state index in [0.29, 0.717) is 18.0 Å². The second kappa shape index (κ2) is 5.48. The zero-order valence-electron chi connectivity index (χ0n) is 10.3. The fourth-order valence-corrected chi connectivity index (χ4v) is 3.12. The molecule has 1 atom stereocenters. The molecule has 0 saturated carbocycles. The van der Waals surface area contributed by atoms with Crippen LogP contribution in [0.25, 0.3) is 0 Å². The summed E-state index contributed by atoms with van der Waals surface area (Å²) in [5.41, 5.74) is 0.941. The van der Waals surface area contributed by atoms with Gasteiger partial charge in [-0.3, -0.25) is 4.79 Å². The van der Waals surface area contributed by atoms with Gasteiger partial charge in [-0.25, -0.2) is 13.6 Å². The summed E-state index contributed by atoms with van der Waals surface area (Å²) in [4.78, 5) is 13.2. The van der Waals surface area contributed by atoms with Crippen LogP contribution in [0.3, 0.4) is 0 Å². The number of hydrogen-bond acceptors (Lipinski definition) is 3. The monoisotopic (exact) mass is 302 g/mol. The highest BCUT2D eigenvalue weighted by Gasteiger charge is 2.35. The molecule has 1 heterocycles. The van der Waals surface area contributed by atoms with Gasteiger partial charge in [-0.05, 0) is 18.1 Å². The van der Waals surface area contributed by atoms with Crippen molar-refractivity contribution in [1.29, 1.82) is 0 Å². The standard InChI is InChI=1S/C12H15ClN2O3S/c13-11-4-2-1-3-9(11)5-6-15-8-10(7-12(15)16)19(14,17)18/h1-4,10H,5-8H2,(H2,14,17,18). The molecule has 0 aliphatic carbocycles. The zero-order valence-corrected chi connectivity index (χ0v) is 11.8. The van der Waals surface area contributed by atoms with Gasteiger partial charge in [-0.15, -0.1) is 0 Å². The van der Waals surface area contributed by atoms with Gasteiger partial charge >= 0.3 is 0 Å². The molecule has 0 radical (unpaired) electrons. The predicted molar refractivity (Wildman–Crippen MR) is 73.2 cm³/mol. The zero-order chi connectivity index (χ0) is 14.0. The number of sulfonamides is 1. The molecular formula is C12H15ClN2O3S. The third-order valence-electron chi connectivity index (χ3n) is 3.25. The summed E-state index contributed by atoms with van der Waals surface area (Å²) in [5.74, 6) is -0.175. The Morgan fingerprint density at radius 1 is 1.37 bits per heavy atom. The summed E-state index contributed by atoms with van der Waals surface area (Å²) in [7, 11) is -3.65. The van der Waals surface area contributed by atoms with E-state index in [1.54, 1.807) is 6.07 Å². The Hall–Kier alpha value is -1.11. The third kappa shape index (κ3) is 3.46. The predicted octanol–water partition coefficient (Wildman–Crippen LogP) is 0.772. The molecule has 1 aliphatic rings. The van der Waals surface area contributed by atoms with Gasteiger partial charge in [0.05, 0.1) is 0 Å². The summed E-state index contributed by atoms with van der Waals surface area (Å²) < 4.78 is 22.5. The highest BCUT2D eigenvalue weighted by Crippen LogP contribution is 2.19. The second-order valence-corrected chi connectivity index (χ2v) is 6.85. The normalized spacial score (nSPS) is 20.0. The molecule has 0 spiro atoms. The molecular weight excluding hydrogens is 288 g/mol. The van der Waals surface area contributed by atoms with E-state index in [1.165, 1.54) is 4.90 Å². The Morgan fingerprint density at radius 2 is 2.05 bits per heavy atom. The lowest BCUT2D eigenvalue weighted by Gasteiger charge is -2.16. The van der Waals surface area contributed by atoms with E-state index < -0.39 is 15.3 Å². The van der Waals surface area contributed by atoms with Gasteiger partial charge in [0, 0.05) is 24.5 Å². The minimum absolute atomic E-state index is 0.0264. The van der Waals surface area contributed by atoms with Gasteiger partial charge in [0.25, 0.3) is 0 Å². The first-order chi connectivity index (χ1) is 8.88. The number of amides is 1. The number of hydrogen-bond donors (Lipinski definition) is 1. The molecule has 2 rings (SSSR count). The van der Waals surface area contributed by atoms with Crippen LogP contribution in [0.2, 0.25) is 5.02 Å². The number of halogens is 1. The molecule has 1 unspecified atom stereocenters. The van der Waals surface area contributed by atoms with Crippen LogP contribution >= 0.6 is 11.6 Å². The van der Waals surface area contributed by atoms with Crippen LogP contribution in [-0.2, 0) is 21.2 Å². The fourth-order valence-electron chi connectivity index (χ4n) is 2.13. The molecule has 1 amide bonds. The van der Waals surface area contributed by atoms with E-state index >= 15 is 0 Å². The maximum atomic E-state index is 11.7. The highest BCUT2D eigenvalue weighted by atomic mass is 35.5. The van der Waals surface area contributed by atoms with Gasteiger partial charge in [0.2, 0.25) is 15.9 Å². The molecule has 7 heteroatoms. The summed E-state index contributed by atoms with van der Waals surface area (Å²) in [6.45, 7) is 0.622. The fraction of sp³-hybridized carbons (Fsp3) is 0.417. The number of benzene rings is 1. The van der Waals surface area contributed by atoms with Crippen LogP contribution in [-0.4, -0.2) is 37.6 Å². The Balaban J connectivity index is 1.98. The molecule has 1 fully saturated rings. The van der Waals surface area contributed by atoms with E-state index in [-0.39, 0.29) is 18.9 Å². The molecule has 0 aromatic heterocycles. The maximum Gasteiger partial charge on any atom is 0.224 e. The average Bonchev–Trinajstić information content (AvgIpc) is 2.70. The highest BCUT2D eigenvalue weighted by molar-refractivity contribution is 7.89. The first-order valence-electron chi connectivity index (χ1n) is 5.90. The molecule has 0 bridgehead atoms. The first-order valence-corrected chi connectivity index (χ1v) is 7.89. The Bertz CT molecular complexity index is 588. The summed E-state index contributed by atoms with van der Waals surface area (Å²) in [6.07, 6.45) is 0.574. The molecule has 104 valence electrons. The van der Waals surface area contributed by atoms with Crippen molar-refractivity contribution in [3.8, 4) is 0 Å². The third-order valence-corrected chi connectivity index (χ3v) is 4.87. The number of nitrogens with zero attached hydrogens (tertiary/aromatic N) is 1. The Labute approximate surface area is 117 Å². The minimum Gasteiger partial charge on any atom is -0.341 e. The summed E-state index contributed by atoms with van der Waals surface area (Å²) in [5, 5.41) is 4.93. The van der Waals surface area contributed by atoms with E-state index in [2.05, 4.69) is 0 Å². The Morgan fingerprint density at radius 3 is 2.63 bits per heavy atom. The van der Waals surface area contributed by atoms with Gasteiger partial charge in [-0.1, -0.05) is 29.8 Å². The van der Waals surface area contributed by atoms with Crippen LogP contribution in [0.1, 0.15) is 12.0 Å². The Kier molecular flexibility index (Phi) is 4.13. The summed E-state index contributed by atoms with van der Waals surface area (Å²) >= 11 is 6.03. The lowest BCUT2D eigenvalue weighted by atomic mass is 10.1. The SMILES string of the molecule is NS(=O)(=O)C1CC(=O)N(CCc2ccccc2Cl)C1. The molecule has 1 aromatic carbocycles. The summed E-state index contributed by atoms with van der Waals surface area (Å²) in [6, 6.07) is 7.39. The largest absolute Gasteiger partial charge is 0.341 e. The van der Waals surface area contributed by atoms with Crippen molar-refractivity contribution in [2.75, 3.05) is 13.1 Å². The molecule has 2 N–H and O–H groups in total. The number of nitrogens with two attached hydrogens (primary N) is 1. The number of carbonyl (C=O) groups is 1. The van der Waals surface area contributed by atoms with Crippen molar-refractivity contribution < 1.29 is 13.2 Å². The van der Waals surface area contributed by atoms with Crippen LogP contribution in [0.4, 0.5) is 0 Å². The number of likely N-dealkylation sites (tertiary alicyclic amines) is 1. The molecule has 1 saturated heterocycles. The van der Waals surface area contributed by atoms with E-state index in [4.69, 9.17) is 16.7 Å². The van der Waals surface area contributed by atoms with Crippen molar-refractivity contribution in [2.24, 2.45) is 5.14 Å². The van der Waals surface area contributed by atoms with Gasteiger partial charge in [0.15, 0.2) is 0 Å². The second-order valence-electron chi connectivity index (χ2n) is 4.60. The molecule has 5 nitrogen and oxygen atoms in total.